The third kappa shape index (κ3) is 2.76. The Hall–Kier alpha value is -1.01. The van der Waals surface area contributed by atoms with Crippen LogP contribution in [0.1, 0.15) is 13.8 Å². The fraction of sp³-hybridized carbons (Fsp3) is 0.300. The van der Waals surface area contributed by atoms with Gasteiger partial charge in [0.2, 0.25) is 5.16 Å². The molecule has 0 aliphatic rings. The van der Waals surface area contributed by atoms with E-state index in [9.17, 15) is 0 Å². The lowest BCUT2D eigenvalue weighted by atomic mass is 10.3. The SMILES string of the molecule is CC(C)SSc1nnnn1-c1ccccc1. The van der Waals surface area contributed by atoms with Gasteiger partial charge >= 0.3 is 0 Å². The van der Waals surface area contributed by atoms with Gasteiger partial charge in [-0.3, -0.25) is 0 Å². The van der Waals surface area contributed by atoms with E-state index in [-0.39, 0.29) is 0 Å². The molecular formula is C10H12N4S2. The Kier molecular flexibility index (Phi) is 3.84. The van der Waals surface area contributed by atoms with E-state index in [1.54, 1.807) is 26.3 Å². The van der Waals surface area contributed by atoms with Crippen molar-refractivity contribution < 1.29 is 0 Å². The van der Waals surface area contributed by atoms with Gasteiger partial charge in [0.05, 0.1) is 5.69 Å². The van der Waals surface area contributed by atoms with Crippen molar-refractivity contribution in [2.24, 2.45) is 0 Å². The summed E-state index contributed by atoms with van der Waals surface area (Å²) in [7, 11) is 3.35. The molecule has 0 amide bonds. The zero-order valence-corrected chi connectivity index (χ0v) is 10.7. The number of tetrazole rings is 1. The number of hydrogen-bond acceptors (Lipinski definition) is 5. The normalized spacial score (nSPS) is 10.9. The third-order valence-corrected chi connectivity index (χ3v) is 4.53. The van der Waals surface area contributed by atoms with Gasteiger partial charge in [-0.15, -0.1) is 5.10 Å². The molecule has 0 aliphatic carbocycles. The summed E-state index contributed by atoms with van der Waals surface area (Å²) in [5, 5.41) is 13.1. The molecule has 0 atom stereocenters. The van der Waals surface area contributed by atoms with Gasteiger partial charge in [0.25, 0.3) is 0 Å². The number of hydrogen-bond donors (Lipinski definition) is 0. The molecule has 1 aromatic carbocycles. The quantitative estimate of drug-likeness (QED) is 0.783. The predicted molar refractivity (Wildman–Crippen MR) is 67.7 cm³/mol. The predicted octanol–water partition coefficient (Wildman–Crippen LogP) is 2.81. The van der Waals surface area contributed by atoms with Gasteiger partial charge in [-0.05, 0) is 33.4 Å². The highest BCUT2D eigenvalue weighted by molar-refractivity contribution is 8.76. The van der Waals surface area contributed by atoms with Crippen LogP contribution in [0.4, 0.5) is 0 Å². The van der Waals surface area contributed by atoms with Crippen LogP contribution in [-0.4, -0.2) is 25.5 Å². The summed E-state index contributed by atoms with van der Waals surface area (Å²) >= 11 is 0. The zero-order chi connectivity index (χ0) is 11.4. The second kappa shape index (κ2) is 5.36. The summed E-state index contributed by atoms with van der Waals surface area (Å²) < 4.78 is 1.75. The van der Waals surface area contributed by atoms with Gasteiger partial charge in [0.15, 0.2) is 0 Å². The highest BCUT2D eigenvalue weighted by Crippen LogP contribution is 2.33. The number of rotatable bonds is 4. The molecule has 0 N–H and O–H groups in total. The molecule has 1 heterocycles. The molecule has 2 aromatic rings. The fourth-order valence-corrected chi connectivity index (χ4v) is 2.81. The van der Waals surface area contributed by atoms with Crippen LogP contribution in [0, 0.1) is 0 Å². The first-order valence-electron chi connectivity index (χ1n) is 4.94. The first kappa shape index (κ1) is 11.5. The summed E-state index contributed by atoms with van der Waals surface area (Å²) in [6, 6.07) is 9.90. The molecule has 0 radical (unpaired) electrons. The summed E-state index contributed by atoms with van der Waals surface area (Å²) in [5.41, 5.74) is 0.986. The van der Waals surface area contributed by atoms with Crippen LogP contribution in [0.3, 0.4) is 0 Å². The largest absolute Gasteiger partial charge is 0.224 e. The van der Waals surface area contributed by atoms with Crippen molar-refractivity contribution in [2.75, 3.05) is 0 Å². The standard InChI is InChI=1S/C10H12N4S2/c1-8(2)15-16-10-11-12-13-14(10)9-6-4-3-5-7-9/h3-8H,1-2H3. The minimum absolute atomic E-state index is 0.547. The van der Waals surface area contributed by atoms with Crippen molar-refractivity contribution in [1.29, 1.82) is 0 Å². The Morgan fingerprint density at radius 1 is 1.19 bits per heavy atom. The van der Waals surface area contributed by atoms with E-state index in [0.717, 1.165) is 10.8 Å². The molecule has 0 saturated heterocycles. The Bertz CT molecular complexity index is 441. The maximum atomic E-state index is 4.01. The van der Waals surface area contributed by atoms with E-state index in [1.165, 1.54) is 0 Å². The van der Waals surface area contributed by atoms with Crippen LogP contribution in [-0.2, 0) is 0 Å². The van der Waals surface area contributed by atoms with E-state index in [0.29, 0.717) is 5.25 Å². The molecule has 0 saturated carbocycles. The minimum Gasteiger partial charge on any atom is -0.187 e. The lowest BCUT2D eigenvalue weighted by Gasteiger charge is -2.04. The maximum Gasteiger partial charge on any atom is 0.224 e. The number of benzene rings is 1. The number of nitrogens with zero attached hydrogens (tertiary/aromatic N) is 4. The van der Waals surface area contributed by atoms with E-state index >= 15 is 0 Å². The molecule has 2 rings (SSSR count). The molecule has 0 aliphatic heterocycles. The maximum absolute atomic E-state index is 4.01. The van der Waals surface area contributed by atoms with Gasteiger partial charge in [-0.1, -0.05) is 42.8 Å². The highest BCUT2D eigenvalue weighted by Gasteiger charge is 2.09. The average Bonchev–Trinajstić information content (AvgIpc) is 2.75. The molecule has 0 bridgehead atoms. The Balaban J connectivity index is 2.19. The number of para-hydroxylation sites is 1. The molecular weight excluding hydrogens is 240 g/mol. The Morgan fingerprint density at radius 2 is 1.94 bits per heavy atom. The molecule has 0 unspecified atom stereocenters. The van der Waals surface area contributed by atoms with Crippen LogP contribution >= 0.6 is 21.6 Å². The van der Waals surface area contributed by atoms with Crippen LogP contribution in [0.2, 0.25) is 0 Å². The highest BCUT2D eigenvalue weighted by atomic mass is 33.1. The molecule has 6 heteroatoms. The average molecular weight is 252 g/mol. The van der Waals surface area contributed by atoms with Crippen LogP contribution < -0.4 is 0 Å². The van der Waals surface area contributed by atoms with Crippen molar-refractivity contribution in [1.82, 2.24) is 20.2 Å². The molecule has 0 spiro atoms. The minimum atomic E-state index is 0.547. The first-order chi connectivity index (χ1) is 7.77. The molecule has 4 nitrogen and oxygen atoms in total. The van der Waals surface area contributed by atoms with Crippen molar-refractivity contribution >= 4 is 21.6 Å². The van der Waals surface area contributed by atoms with Gasteiger partial charge in [0.1, 0.15) is 0 Å². The van der Waals surface area contributed by atoms with Crippen molar-refractivity contribution in [3.8, 4) is 5.69 Å². The van der Waals surface area contributed by atoms with E-state index in [4.69, 9.17) is 0 Å². The topological polar surface area (TPSA) is 43.6 Å². The first-order valence-corrected chi connectivity index (χ1v) is 7.16. The summed E-state index contributed by atoms with van der Waals surface area (Å²) in [5.74, 6) is 0. The molecule has 0 fully saturated rings. The number of aromatic nitrogens is 4. The van der Waals surface area contributed by atoms with Gasteiger partial charge in [-0.25, -0.2) is 0 Å². The van der Waals surface area contributed by atoms with Crippen LogP contribution in [0.25, 0.3) is 5.69 Å². The van der Waals surface area contributed by atoms with Crippen molar-refractivity contribution in [2.45, 2.75) is 24.3 Å². The van der Waals surface area contributed by atoms with Gasteiger partial charge in [0, 0.05) is 5.25 Å². The Morgan fingerprint density at radius 3 is 2.62 bits per heavy atom. The third-order valence-electron chi connectivity index (χ3n) is 1.76. The van der Waals surface area contributed by atoms with Crippen molar-refractivity contribution in [3.05, 3.63) is 30.3 Å². The second-order valence-electron chi connectivity index (χ2n) is 3.44. The van der Waals surface area contributed by atoms with E-state index < -0.39 is 0 Å². The summed E-state index contributed by atoms with van der Waals surface area (Å²) in [4.78, 5) is 0. The van der Waals surface area contributed by atoms with Gasteiger partial charge in [-0.2, -0.15) is 4.68 Å². The fourth-order valence-electron chi connectivity index (χ4n) is 1.10. The van der Waals surface area contributed by atoms with Gasteiger partial charge < -0.3 is 0 Å². The molecule has 16 heavy (non-hydrogen) atoms. The molecule has 1 aromatic heterocycles. The second-order valence-corrected chi connectivity index (χ2v) is 6.18. The monoisotopic (exact) mass is 252 g/mol. The zero-order valence-electron chi connectivity index (χ0n) is 9.07. The lowest BCUT2D eigenvalue weighted by molar-refractivity contribution is 0.758. The van der Waals surface area contributed by atoms with E-state index in [1.807, 2.05) is 30.3 Å². The molecule has 84 valence electrons. The summed E-state index contributed by atoms with van der Waals surface area (Å²) in [6.07, 6.45) is 0. The Labute approximate surface area is 102 Å². The van der Waals surface area contributed by atoms with Crippen molar-refractivity contribution in [3.63, 3.8) is 0 Å². The van der Waals surface area contributed by atoms with E-state index in [2.05, 4.69) is 29.4 Å². The lowest BCUT2D eigenvalue weighted by Crippen LogP contribution is -1.98. The summed E-state index contributed by atoms with van der Waals surface area (Å²) in [6.45, 7) is 4.29. The smallest absolute Gasteiger partial charge is 0.187 e. The van der Waals surface area contributed by atoms with Crippen LogP contribution in [0.5, 0.6) is 0 Å². The van der Waals surface area contributed by atoms with Crippen LogP contribution in [0.15, 0.2) is 35.5 Å².